The van der Waals surface area contributed by atoms with Gasteiger partial charge in [0.15, 0.2) is 5.82 Å². The molecule has 2 nitrogen and oxygen atoms in total. The summed E-state index contributed by atoms with van der Waals surface area (Å²) in [5.41, 5.74) is 10.5. The van der Waals surface area contributed by atoms with Gasteiger partial charge in [-0.3, -0.25) is 0 Å². The molecule has 0 aliphatic heterocycles. The fourth-order valence-electron chi connectivity index (χ4n) is 5.84. The first-order valence-corrected chi connectivity index (χ1v) is 12.8. The number of hydrogen-bond acceptors (Lipinski definition) is 2. The van der Waals surface area contributed by atoms with E-state index in [1.807, 2.05) is 24.3 Å². The van der Waals surface area contributed by atoms with Gasteiger partial charge in [0, 0.05) is 22.1 Å². The van der Waals surface area contributed by atoms with Gasteiger partial charge in [-0.1, -0.05) is 123 Å². The van der Waals surface area contributed by atoms with Gasteiger partial charge < -0.3 is 0 Å². The molecule has 0 radical (unpaired) electrons. The summed E-state index contributed by atoms with van der Waals surface area (Å²) in [5, 5.41) is 2.54. The minimum atomic E-state index is -0.0693. The van der Waals surface area contributed by atoms with Crippen molar-refractivity contribution in [2.45, 2.75) is 19.3 Å². The molecule has 37 heavy (non-hydrogen) atoms. The third-order valence-electron chi connectivity index (χ3n) is 7.66. The molecule has 176 valence electrons. The number of hydrogen-bond donors (Lipinski definition) is 0. The Hall–Kier alpha value is -4.56. The largest absolute Gasteiger partial charge is 0.228 e. The molecular weight excluding hydrogens is 448 g/mol. The summed E-state index contributed by atoms with van der Waals surface area (Å²) >= 11 is 0. The molecule has 0 unspecified atom stereocenters. The molecule has 1 aliphatic carbocycles. The highest BCUT2D eigenvalue weighted by molar-refractivity contribution is 5.99. The molecule has 5 aromatic carbocycles. The fourth-order valence-corrected chi connectivity index (χ4v) is 5.84. The number of fused-ring (bicyclic) bond motifs is 5. The van der Waals surface area contributed by atoms with Crippen molar-refractivity contribution in [3.05, 3.63) is 132 Å². The predicted octanol–water partition coefficient (Wildman–Crippen LogP) is 8.94. The smallest absolute Gasteiger partial charge is 0.160 e. The molecule has 0 saturated heterocycles. The van der Waals surface area contributed by atoms with Crippen LogP contribution in [0.3, 0.4) is 0 Å². The van der Waals surface area contributed by atoms with Gasteiger partial charge in [0.2, 0.25) is 0 Å². The molecule has 0 spiro atoms. The van der Waals surface area contributed by atoms with Crippen molar-refractivity contribution in [3.8, 4) is 45.0 Å². The minimum Gasteiger partial charge on any atom is -0.228 e. The third-order valence-corrected chi connectivity index (χ3v) is 7.66. The van der Waals surface area contributed by atoms with E-state index >= 15 is 0 Å². The van der Waals surface area contributed by atoms with Crippen molar-refractivity contribution >= 4 is 10.8 Å². The first-order valence-electron chi connectivity index (χ1n) is 12.8. The summed E-state index contributed by atoms with van der Waals surface area (Å²) in [4.78, 5) is 10.0. The molecule has 0 saturated carbocycles. The van der Waals surface area contributed by atoms with Crippen LogP contribution in [0.2, 0.25) is 0 Å². The van der Waals surface area contributed by atoms with E-state index in [1.165, 1.54) is 33.0 Å². The molecule has 1 aromatic heterocycles. The van der Waals surface area contributed by atoms with Crippen LogP contribution < -0.4 is 0 Å². The predicted molar refractivity (Wildman–Crippen MR) is 153 cm³/mol. The zero-order valence-corrected chi connectivity index (χ0v) is 20.9. The van der Waals surface area contributed by atoms with E-state index in [4.69, 9.17) is 9.97 Å². The Bertz CT molecular complexity index is 1730. The van der Waals surface area contributed by atoms with E-state index in [0.717, 1.165) is 33.9 Å². The summed E-state index contributed by atoms with van der Waals surface area (Å²) < 4.78 is 0. The third kappa shape index (κ3) is 3.48. The molecule has 2 heteroatoms. The molecule has 7 rings (SSSR count). The van der Waals surface area contributed by atoms with Crippen LogP contribution in [-0.2, 0) is 5.41 Å². The van der Waals surface area contributed by atoms with Crippen LogP contribution in [0.4, 0.5) is 0 Å². The number of aromatic nitrogens is 2. The quantitative estimate of drug-likeness (QED) is 0.256. The normalized spacial score (nSPS) is 13.4. The average Bonchev–Trinajstić information content (AvgIpc) is 3.20. The first-order chi connectivity index (χ1) is 18.1. The molecule has 0 N–H and O–H groups in total. The lowest BCUT2D eigenvalue weighted by Gasteiger charge is -2.23. The SMILES string of the molecule is CC1(C)c2ccccc2-c2ccc3ccc(-c4cc(-c5ccccc5)nc(-c5ccccc5)n4)cc3c21. The molecule has 6 aromatic rings. The van der Waals surface area contributed by atoms with Crippen LogP contribution in [0.5, 0.6) is 0 Å². The van der Waals surface area contributed by atoms with Crippen LogP contribution in [0.25, 0.3) is 55.8 Å². The lowest BCUT2D eigenvalue weighted by molar-refractivity contribution is 0.666. The van der Waals surface area contributed by atoms with Crippen molar-refractivity contribution in [2.24, 2.45) is 0 Å². The van der Waals surface area contributed by atoms with Crippen LogP contribution >= 0.6 is 0 Å². The average molecular weight is 475 g/mol. The zero-order chi connectivity index (χ0) is 25.0. The Balaban J connectivity index is 1.46. The molecule has 1 heterocycles. The Morgan fingerprint density at radius 1 is 0.514 bits per heavy atom. The molecule has 0 fully saturated rings. The van der Waals surface area contributed by atoms with Crippen LogP contribution in [0, 0.1) is 0 Å². The van der Waals surface area contributed by atoms with E-state index < -0.39 is 0 Å². The summed E-state index contributed by atoms with van der Waals surface area (Å²) in [7, 11) is 0. The van der Waals surface area contributed by atoms with Gasteiger partial charge in [-0.05, 0) is 45.2 Å². The van der Waals surface area contributed by atoms with Crippen LogP contribution in [0.15, 0.2) is 121 Å². The highest BCUT2D eigenvalue weighted by Crippen LogP contribution is 2.51. The van der Waals surface area contributed by atoms with Crippen molar-refractivity contribution < 1.29 is 0 Å². The van der Waals surface area contributed by atoms with Crippen LogP contribution in [0.1, 0.15) is 25.0 Å². The van der Waals surface area contributed by atoms with E-state index in [-0.39, 0.29) is 5.41 Å². The van der Waals surface area contributed by atoms with Gasteiger partial charge in [-0.2, -0.15) is 0 Å². The standard InChI is InChI=1S/C35H26N2/c1-35(2)30-16-10-9-15-27(30)28-20-19-23-17-18-26(21-29(23)33(28)35)32-22-31(24-11-5-3-6-12-24)36-34(37-32)25-13-7-4-8-14-25/h3-22H,1-2H3. The Morgan fingerprint density at radius 2 is 1.14 bits per heavy atom. The molecule has 0 bridgehead atoms. The minimum absolute atomic E-state index is 0.0693. The zero-order valence-electron chi connectivity index (χ0n) is 20.9. The molecular formula is C35H26N2. The van der Waals surface area contributed by atoms with Gasteiger partial charge >= 0.3 is 0 Å². The highest BCUT2D eigenvalue weighted by atomic mass is 14.9. The topological polar surface area (TPSA) is 25.8 Å². The number of benzene rings is 5. The maximum Gasteiger partial charge on any atom is 0.160 e. The van der Waals surface area contributed by atoms with Gasteiger partial charge in [0.25, 0.3) is 0 Å². The Labute approximate surface area is 217 Å². The second-order valence-electron chi connectivity index (χ2n) is 10.3. The lowest BCUT2D eigenvalue weighted by Crippen LogP contribution is -2.15. The lowest BCUT2D eigenvalue weighted by atomic mass is 9.80. The van der Waals surface area contributed by atoms with Crippen LogP contribution in [-0.4, -0.2) is 9.97 Å². The maximum absolute atomic E-state index is 5.06. The Morgan fingerprint density at radius 3 is 1.89 bits per heavy atom. The molecule has 1 aliphatic rings. The van der Waals surface area contributed by atoms with Crippen molar-refractivity contribution in [1.29, 1.82) is 0 Å². The summed E-state index contributed by atoms with van der Waals surface area (Å²) in [6, 6.07) is 42.8. The maximum atomic E-state index is 5.06. The van der Waals surface area contributed by atoms with Gasteiger partial charge in [-0.15, -0.1) is 0 Å². The van der Waals surface area contributed by atoms with E-state index in [1.54, 1.807) is 0 Å². The molecule has 0 amide bonds. The first kappa shape index (κ1) is 21.7. The monoisotopic (exact) mass is 474 g/mol. The van der Waals surface area contributed by atoms with Gasteiger partial charge in [0.05, 0.1) is 11.4 Å². The summed E-state index contributed by atoms with van der Waals surface area (Å²) in [6.45, 7) is 4.69. The second-order valence-corrected chi connectivity index (χ2v) is 10.3. The van der Waals surface area contributed by atoms with Crippen molar-refractivity contribution in [1.82, 2.24) is 9.97 Å². The molecule has 0 atom stereocenters. The second kappa shape index (κ2) is 8.25. The van der Waals surface area contributed by atoms with Gasteiger partial charge in [0.1, 0.15) is 0 Å². The van der Waals surface area contributed by atoms with E-state index in [2.05, 4.69) is 111 Å². The van der Waals surface area contributed by atoms with Crippen molar-refractivity contribution in [3.63, 3.8) is 0 Å². The number of rotatable bonds is 3. The van der Waals surface area contributed by atoms with Gasteiger partial charge in [-0.25, -0.2) is 9.97 Å². The van der Waals surface area contributed by atoms with E-state index in [9.17, 15) is 0 Å². The summed E-state index contributed by atoms with van der Waals surface area (Å²) in [5.74, 6) is 0.739. The van der Waals surface area contributed by atoms with E-state index in [0.29, 0.717) is 0 Å². The highest BCUT2D eigenvalue weighted by Gasteiger charge is 2.36. The van der Waals surface area contributed by atoms with Crippen molar-refractivity contribution in [2.75, 3.05) is 0 Å². The number of nitrogens with zero attached hydrogens (tertiary/aromatic N) is 2. The summed E-state index contributed by atoms with van der Waals surface area (Å²) in [6.07, 6.45) is 0. The fraction of sp³-hybridized carbons (Fsp3) is 0.0857. The Kier molecular flexibility index (Phi) is 4.84.